The fourth-order valence-electron chi connectivity index (χ4n) is 3.22. The third kappa shape index (κ3) is 4.71. The third-order valence-electron chi connectivity index (χ3n) is 4.85. The van der Waals surface area contributed by atoms with E-state index in [-0.39, 0.29) is 11.6 Å². The molecule has 2 aromatic heterocycles. The monoisotopic (exact) mass is 455 g/mol. The van der Waals surface area contributed by atoms with Crippen LogP contribution in [0.5, 0.6) is 0 Å². The van der Waals surface area contributed by atoms with Gasteiger partial charge in [0.2, 0.25) is 0 Å². The van der Waals surface area contributed by atoms with Crippen molar-refractivity contribution in [1.82, 2.24) is 20.2 Å². The van der Waals surface area contributed by atoms with Crippen molar-refractivity contribution in [2.75, 3.05) is 16.4 Å². The molecule has 0 saturated carbocycles. The maximum Gasteiger partial charge on any atom is 0.416 e. The molecule has 0 aliphatic rings. The molecule has 4 rings (SSSR count). The first kappa shape index (κ1) is 22.1. The molecular formula is C22H20F3N7O. The van der Waals surface area contributed by atoms with Gasteiger partial charge in [-0.05, 0) is 30.3 Å². The standard InChI is InChI=1S/C22H20F3N7O/c1-11(2)19-29-18(26)16-17(31-32-20(16)30-19)12-6-8-14(9-7-12)27-21(33)28-15-5-3-4-13(10-15)22(23,24)25/h3-11H,1-2H3,(H2,27,28,33)(H3,26,29,30,31,32). The van der Waals surface area contributed by atoms with Crippen molar-refractivity contribution in [1.29, 1.82) is 0 Å². The Morgan fingerprint density at radius 3 is 2.39 bits per heavy atom. The lowest BCUT2D eigenvalue weighted by Crippen LogP contribution is -2.19. The van der Waals surface area contributed by atoms with E-state index in [0.717, 1.165) is 17.7 Å². The predicted molar refractivity (Wildman–Crippen MR) is 120 cm³/mol. The highest BCUT2D eigenvalue weighted by Crippen LogP contribution is 2.32. The van der Waals surface area contributed by atoms with Gasteiger partial charge < -0.3 is 16.4 Å². The summed E-state index contributed by atoms with van der Waals surface area (Å²) in [6.07, 6.45) is -4.49. The first-order valence-electron chi connectivity index (χ1n) is 9.99. The average Bonchev–Trinajstić information content (AvgIpc) is 3.18. The average molecular weight is 455 g/mol. The highest BCUT2D eigenvalue weighted by atomic mass is 19.4. The number of fused-ring (bicyclic) bond motifs is 1. The number of H-pyrrole nitrogens is 1. The fraction of sp³-hybridized carbons (Fsp3) is 0.182. The van der Waals surface area contributed by atoms with Crippen LogP contribution in [0.4, 0.5) is 35.2 Å². The number of anilines is 3. The minimum absolute atomic E-state index is 0.0270. The summed E-state index contributed by atoms with van der Waals surface area (Å²) >= 11 is 0. The number of rotatable bonds is 4. The van der Waals surface area contributed by atoms with E-state index in [0.29, 0.717) is 34.1 Å². The van der Waals surface area contributed by atoms with Gasteiger partial charge in [0.1, 0.15) is 11.6 Å². The number of nitrogen functional groups attached to an aromatic ring is 1. The number of carbonyl (C=O) groups excluding carboxylic acids is 1. The lowest BCUT2D eigenvalue weighted by molar-refractivity contribution is -0.137. The molecular weight excluding hydrogens is 435 g/mol. The fourth-order valence-corrected chi connectivity index (χ4v) is 3.22. The van der Waals surface area contributed by atoms with Gasteiger partial charge in [-0.1, -0.05) is 32.0 Å². The maximum atomic E-state index is 12.8. The number of carbonyl (C=O) groups is 1. The molecule has 0 radical (unpaired) electrons. The Hall–Kier alpha value is -4.15. The molecule has 0 saturated heterocycles. The summed E-state index contributed by atoms with van der Waals surface area (Å²) < 4.78 is 38.5. The normalized spacial score (nSPS) is 11.7. The summed E-state index contributed by atoms with van der Waals surface area (Å²) in [5, 5.41) is 12.7. The molecule has 11 heteroatoms. The molecule has 0 atom stereocenters. The number of hydrogen-bond acceptors (Lipinski definition) is 5. The van der Waals surface area contributed by atoms with E-state index < -0.39 is 17.8 Å². The molecule has 33 heavy (non-hydrogen) atoms. The molecule has 0 unspecified atom stereocenters. The summed E-state index contributed by atoms with van der Waals surface area (Å²) in [6, 6.07) is 10.5. The third-order valence-corrected chi connectivity index (χ3v) is 4.85. The van der Waals surface area contributed by atoms with Crippen molar-refractivity contribution in [3.05, 3.63) is 59.9 Å². The number of amides is 2. The summed E-state index contributed by atoms with van der Waals surface area (Å²) in [4.78, 5) is 21.0. The van der Waals surface area contributed by atoms with E-state index in [1.165, 1.54) is 12.1 Å². The van der Waals surface area contributed by atoms with Crippen LogP contribution < -0.4 is 16.4 Å². The Bertz CT molecular complexity index is 1310. The molecule has 5 N–H and O–H groups in total. The summed E-state index contributed by atoms with van der Waals surface area (Å²) in [5.74, 6) is 1.02. The van der Waals surface area contributed by atoms with Crippen LogP contribution in [0.15, 0.2) is 48.5 Å². The largest absolute Gasteiger partial charge is 0.416 e. The molecule has 0 fully saturated rings. The molecule has 0 bridgehead atoms. The topological polar surface area (TPSA) is 122 Å². The van der Waals surface area contributed by atoms with Crippen LogP contribution in [-0.4, -0.2) is 26.2 Å². The second-order valence-corrected chi connectivity index (χ2v) is 7.65. The molecule has 2 heterocycles. The lowest BCUT2D eigenvalue weighted by atomic mass is 10.1. The van der Waals surface area contributed by atoms with Crippen LogP contribution >= 0.6 is 0 Å². The van der Waals surface area contributed by atoms with Gasteiger partial charge in [0.25, 0.3) is 0 Å². The van der Waals surface area contributed by atoms with Crippen molar-refractivity contribution in [3.63, 3.8) is 0 Å². The SMILES string of the molecule is CC(C)c1nc(N)c2c(-c3ccc(NC(=O)Nc4cccc(C(F)(F)F)c4)cc3)[nH]nc2n1. The number of urea groups is 1. The summed E-state index contributed by atoms with van der Waals surface area (Å²) in [5.41, 5.74) is 7.60. The van der Waals surface area contributed by atoms with Crippen molar-refractivity contribution < 1.29 is 18.0 Å². The number of nitrogens with zero attached hydrogens (tertiary/aromatic N) is 3. The van der Waals surface area contributed by atoms with Crippen molar-refractivity contribution in [3.8, 4) is 11.3 Å². The second-order valence-electron chi connectivity index (χ2n) is 7.65. The number of nitrogens with one attached hydrogen (secondary N) is 3. The first-order chi connectivity index (χ1) is 15.6. The van der Waals surface area contributed by atoms with E-state index in [4.69, 9.17) is 5.73 Å². The van der Waals surface area contributed by atoms with Crippen molar-refractivity contribution in [2.24, 2.45) is 0 Å². The number of alkyl halides is 3. The maximum absolute atomic E-state index is 12.8. The van der Waals surface area contributed by atoms with Crippen LogP contribution in [0.1, 0.15) is 31.2 Å². The van der Waals surface area contributed by atoms with Gasteiger partial charge in [0.15, 0.2) is 5.65 Å². The van der Waals surface area contributed by atoms with Crippen LogP contribution in [-0.2, 0) is 6.18 Å². The van der Waals surface area contributed by atoms with Gasteiger partial charge in [-0.25, -0.2) is 14.8 Å². The van der Waals surface area contributed by atoms with Gasteiger partial charge in [-0.2, -0.15) is 18.3 Å². The molecule has 2 aromatic carbocycles. The Morgan fingerprint density at radius 1 is 1.03 bits per heavy atom. The van der Waals surface area contributed by atoms with Gasteiger partial charge >= 0.3 is 12.2 Å². The molecule has 170 valence electrons. The molecule has 8 nitrogen and oxygen atoms in total. The first-order valence-corrected chi connectivity index (χ1v) is 9.99. The smallest absolute Gasteiger partial charge is 0.383 e. The van der Waals surface area contributed by atoms with Crippen molar-refractivity contribution in [2.45, 2.75) is 25.9 Å². The Kier molecular flexibility index (Phi) is 5.62. The van der Waals surface area contributed by atoms with Crippen LogP contribution in [0, 0.1) is 0 Å². The quantitative estimate of drug-likeness (QED) is 0.329. The lowest BCUT2D eigenvalue weighted by Gasteiger charge is -2.11. The van der Waals surface area contributed by atoms with E-state index >= 15 is 0 Å². The molecule has 2 amide bonds. The molecule has 0 aliphatic carbocycles. The van der Waals surface area contributed by atoms with Gasteiger partial charge in [-0.15, -0.1) is 0 Å². The van der Waals surface area contributed by atoms with Gasteiger partial charge in [-0.3, -0.25) is 5.10 Å². The van der Waals surface area contributed by atoms with Crippen LogP contribution in [0.3, 0.4) is 0 Å². The number of aromatic amines is 1. The number of halogens is 3. The summed E-state index contributed by atoms with van der Waals surface area (Å²) in [6.45, 7) is 3.92. The van der Waals surface area contributed by atoms with E-state index in [2.05, 4.69) is 30.8 Å². The minimum Gasteiger partial charge on any atom is -0.383 e. The molecule has 0 spiro atoms. The Morgan fingerprint density at radius 2 is 1.73 bits per heavy atom. The van der Waals surface area contributed by atoms with Crippen LogP contribution in [0.25, 0.3) is 22.3 Å². The van der Waals surface area contributed by atoms with Crippen molar-refractivity contribution >= 4 is 34.3 Å². The zero-order valence-corrected chi connectivity index (χ0v) is 17.7. The minimum atomic E-state index is -4.49. The van der Waals surface area contributed by atoms with Gasteiger partial charge in [0, 0.05) is 22.9 Å². The Balaban J connectivity index is 1.50. The molecule has 0 aliphatic heterocycles. The van der Waals surface area contributed by atoms with E-state index in [9.17, 15) is 18.0 Å². The predicted octanol–water partition coefficient (Wildman–Crippen LogP) is 5.39. The molecule has 4 aromatic rings. The van der Waals surface area contributed by atoms with Crippen LogP contribution in [0.2, 0.25) is 0 Å². The van der Waals surface area contributed by atoms with E-state index in [1.807, 2.05) is 13.8 Å². The van der Waals surface area contributed by atoms with E-state index in [1.54, 1.807) is 24.3 Å². The number of hydrogen-bond donors (Lipinski definition) is 4. The number of nitrogens with two attached hydrogens (primary N) is 1. The zero-order valence-electron chi connectivity index (χ0n) is 17.7. The van der Waals surface area contributed by atoms with Gasteiger partial charge in [0.05, 0.1) is 16.6 Å². The number of benzene rings is 2. The zero-order chi connectivity index (χ0) is 23.8. The number of aromatic nitrogens is 4. The second kappa shape index (κ2) is 8.41. The Labute approximate surface area is 186 Å². The highest BCUT2D eigenvalue weighted by Gasteiger charge is 2.30. The summed E-state index contributed by atoms with van der Waals surface area (Å²) in [7, 11) is 0. The highest BCUT2D eigenvalue weighted by molar-refractivity contribution is 6.01.